The van der Waals surface area contributed by atoms with Crippen LogP contribution in [0.15, 0.2) is 67.5 Å². The lowest BCUT2D eigenvalue weighted by atomic mass is 10.0. The molecule has 2 aromatic heterocycles. The van der Waals surface area contributed by atoms with E-state index in [9.17, 15) is 4.79 Å². The minimum absolute atomic E-state index is 0.0771. The number of fused-ring (bicyclic) bond motifs is 1. The van der Waals surface area contributed by atoms with Gasteiger partial charge in [-0.15, -0.1) is 0 Å². The molecule has 1 unspecified atom stereocenters. The van der Waals surface area contributed by atoms with E-state index in [4.69, 9.17) is 15.5 Å². The predicted molar refractivity (Wildman–Crippen MR) is 133 cm³/mol. The van der Waals surface area contributed by atoms with Gasteiger partial charge in [-0.3, -0.25) is 4.79 Å². The average Bonchev–Trinajstić information content (AvgIpc) is 3.20. The van der Waals surface area contributed by atoms with Crippen LogP contribution in [0.25, 0.3) is 22.3 Å². The molecule has 1 aliphatic heterocycles. The first kappa shape index (κ1) is 21.8. The maximum absolute atomic E-state index is 11.5. The molecule has 3 heterocycles. The number of nitrogens with one attached hydrogen (secondary N) is 2. The van der Waals surface area contributed by atoms with Crippen LogP contribution in [0.4, 0.5) is 11.6 Å². The van der Waals surface area contributed by atoms with E-state index >= 15 is 0 Å². The molecule has 0 saturated carbocycles. The normalized spacial score (nSPS) is 15.9. The molecule has 1 fully saturated rings. The van der Waals surface area contributed by atoms with Crippen molar-refractivity contribution in [2.75, 3.05) is 25.0 Å². The molecule has 5 rings (SSSR count). The van der Waals surface area contributed by atoms with Crippen molar-refractivity contribution in [3.63, 3.8) is 0 Å². The van der Waals surface area contributed by atoms with Gasteiger partial charge in [0.2, 0.25) is 11.9 Å². The Morgan fingerprint density at radius 3 is 2.79 bits per heavy atom. The molecule has 4 N–H and O–H groups in total. The van der Waals surface area contributed by atoms with Crippen LogP contribution in [0.1, 0.15) is 22.8 Å². The van der Waals surface area contributed by atoms with E-state index in [2.05, 4.69) is 34.3 Å². The molecule has 1 amide bonds. The van der Waals surface area contributed by atoms with Crippen molar-refractivity contribution in [3.8, 4) is 5.82 Å². The third kappa shape index (κ3) is 4.28. The van der Waals surface area contributed by atoms with Crippen molar-refractivity contribution >= 4 is 34.0 Å². The monoisotopic (exact) mass is 454 g/mol. The van der Waals surface area contributed by atoms with Crippen LogP contribution >= 0.6 is 0 Å². The second-order valence-corrected chi connectivity index (χ2v) is 8.31. The van der Waals surface area contributed by atoms with Crippen molar-refractivity contribution in [1.82, 2.24) is 19.9 Å². The highest BCUT2D eigenvalue weighted by Crippen LogP contribution is 2.28. The van der Waals surface area contributed by atoms with Gasteiger partial charge in [-0.25, -0.2) is 4.98 Å². The van der Waals surface area contributed by atoms with Gasteiger partial charge in [0.15, 0.2) is 0 Å². The highest BCUT2D eigenvalue weighted by atomic mass is 16.5. The number of hydrogen-bond acceptors (Lipinski definition) is 6. The summed E-state index contributed by atoms with van der Waals surface area (Å²) in [7, 11) is 0. The van der Waals surface area contributed by atoms with Crippen LogP contribution < -0.4 is 16.4 Å². The molecule has 1 saturated heterocycles. The molecule has 0 aliphatic carbocycles. The fraction of sp³-hybridized carbons (Fsp3) is 0.192. The maximum atomic E-state index is 11.5. The number of aromatic nitrogens is 3. The molecule has 1 aliphatic rings. The number of morpholine rings is 1. The Morgan fingerprint density at radius 2 is 2.06 bits per heavy atom. The topological polar surface area (TPSA) is 107 Å². The molecule has 8 nitrogen and oxygen atoms in total. The molecule has 172 valence electrons. The van der Waals surface area contributed by atoms with Crippen molar-refractivity contribution < 1.29 is 9.53 Å². The Morgan fingerprint density at radius 1 is 1.24 bits per heavy atom. The lowest BCUT2D eigenvalue weighted by Gasteiger charge is -2.24. The summed E-state index contributed by atoms with van der Waals surface area (Å²) in [6, 6.07) is 15.7. The zero-order valence-corrected chi connectivity index (χ0v) is 18.9. The van der Waals surface area contributed by atoms with E-state index in [0.717, 1.165) is 53.2 Å². The highest BCUT2D eigenvalue weighted by Gasteiger charge is 2.16. The van der Waals surface area contributed by atoms with Crippen molar-refractivity contribution in [2.45, 2.75) is 13.0 Å². The van der Waals surface area contributed by atoms with E-state index in [1.807, 2.05) is 54.1 Å². The van der Waals surface area contributed by atoms with Gasteiger partial charge >= 0.3 is 0 Å². The Balaban J connectivity index is 1.40. The molecule has 0 radical (unpaired) electrons. The summed E-state index contributed by atoms with van der Waals surface area (Å²) >= 11 is 0. The summed E-state index contributed by atoms with van der Waals surface area (Å²) in [6.45, 7) is 8.24. The number of amides is 1. The molecular weight excluding hydrogens is 428 g/mol. The van der Waals surface area contributed by atoms with Crippen molar-refractivity contribution in [3.05, 3.63) is 84.2 Å². The van der Waals surface area contributed by atoms with Gasteiger partial charge in [0.25, 0.3) is 0 Å². The molecular formula is C26H26N6O2. The number of aryl methyl sites for hydroxylation is 1. The van der Waals surface area contributed by atoms with Crippen LogP contribution in [0.3, 0.4) is 0 Å². The highest BCUT2D eigenvalue weighted by molar-refractivity contribution is 6.18. The van der Waals surface area contributed by atoms with E-state index in [-0.39, 0.29) is 6.10 Å². The quantitative estimate of drug-likeness (QED) is 0.384. The lowest BCUT2D eigenvalue weighted by molar-refractivity contribution is -0.112. The molecule has 0 bridgehead atoms. The summed E-state index contributed by atoms with van der Waals surface area (Å²) in [4.78, 5) is 20.6. The molecule has 34 heavy (non-hydrogen) atoms. The summed E-state index contributed by atoms with van der Waals surface area (Å²) in [5, 5.41) is 7.63. The van der Waals surface area contributed by atoms with Gasteiger partial charge in [-0.1, -0.05) is 24.8 Å². The van der Waals surface area contributed by atoms with Gasteiger partial charge in [-0.05, 0) is 53.9 Å². The number of carbonyl (C=O) groups is 1. The van der Waals surface area contributed by atoms with E-state index in [1.54, 1.807) is 6.20 Å². The first-order valence-corrected chi connectivity index (χ1v) is 11.1. The number of primary amides is 1. The van der Waals surface area contributed by atoms with Gasteiger partial charge in [0, 0.05) is 42.1 Å². The third-order valence-electron chi connectivity index (χ3n) is 6.00. The molecule has 0 spiro atoms. The number of nitrogens with zero attached hydrogens (tertiary/aromatic N) is 3. The van der Waals surface area contributed by atoms with Gasteiger partial charge in [0.1, 0.15) is 5.82 Å². The van der Waals surface area contributed by atoms with Gasteiger partial charge < -0.3 is 25.7 Å². The minimum Gasteiger partial charge on any atom is -0.371 e. The predicted octanol–water partition coefficient (Wildman–Crippen LogP) is 3.63. The Kier molecular flexibility index (Phi) is 5.83. The minimum atomic E-state index is -0.529. The van der Waals surface area contributed by atoms with Crippen LogP contribution in [-0.2, 0) is 9.53 Å². The molecule has 4 aromatic rings. The van der Waals surface area contributed by atoms with E-state index < -0.39 is 5.91 Å². The van der Waals surface area contributed by atoms with Crippen molar-refractivity contribution in [1.29, 1.82) is 0 Å². The van der Waals surface area contributed by atoms with Crippen LogP contribution in [0.5, 0.6) is 0 Å². The molecule has 1 atom stereocenters. The lowest BCUT2D eigenvalue weighted by Crippen LogP contribution is -2.33. The summed E-state index contributed by atoms with van der Waals surface area (Å²) in [5.41, 5.74) is 10.5. The number of rotatable bonds is 6. The van der Waals surface area contributed by atoms with Crippen LogP contribution in [-0.4, -0.2) is 40.1 Å². The largest absolute Gasteiger partial charge is 0.371 e. The average molecular weight is 455 g/mol. The van der Waals surface area contributed by atoms with Gasteiger partial charge in [-0.2, -0.15) is 4.98 Å². The summed E-state index contributed by atoms with van der Waals surface area (Å²) < 4.78 is 7.82. The number of anilines is 2. The summed E-state index contributed by atoms with van der Waals surface area (Å²) in [6.07, 6.45) is 3.82. The Labute approximate surface area is 197 Å². The standard InChI is InChI=1S/C26H26N6O2/c1-16-15-32(22-8-5-19(13-21(16)22)17(2)25(27)33)24-9-10-29-26(31-24)30-20-6-3-18(4-7-20)23-14-28-11-12-34-23/h3-10,13,15,23,28H,2,11-12,14H2,1H3,(H2,27,33)(H,29,30,31). The number of carbonyl (C=O) groups excluding carboxylic acids is 1. The van der Waals surface area contributed by atoms with Crippen LogP contribution in [0.2, 0.25) is 0 Å². The first-order valence-electron chi connectivity index (χ1n) is 11.1. The van der Waals surface area contributed by atoms with Gasteiger partial charge in [0.05, 0.1) is 18.2 Å². The second-order valence-electron chi connectivity index (χ2n) is 8.31. The number of ether oxygens (including phenoxy) is 1. The smallest absolute Gasteiger partial charge is 0.248 e. The zero-order valence-electron chi connectivity index (χ0n) is 18.9. The molecule has 2 aromatic carbocycles. The fourth-order valence-electron chi connectivity index (χ4n) is 4.15. The Bertz CT molecular complexity index is 1370. The Hall–Kier alpha value is -4.01. The zero-order chi connectivity index (χ0) is 23.7. The molecule has 8 heteroatoms. The van der Waals surface area contributed by atoms with Crippen LogP contribution in [0, 0.1) is 6.92 Å². The fourth-order valence-corrected chi connectivity index (χ4v) is 4.15. The summed E-state index contributed by atoms with van der Waals surface area (Å²) in [5.74, 6) is 0.702. The number of hydrogen-bond donors (Lipinski definition) is 3. The second kappa shape index (κ2) is 9.09. The third-order valence-corrected chi connectivity index (χ3v) is 6.00. The maximum Gasteiger partial charge on any atom is 0.248 e. The SMILES string of the molecule is C=C(C(N)=O)c1ccc2c(c1)c(C)cn2-c1ccnc(Nc2ccc(C3CNCCO3)cc2)n1. The van der Waals surface area contributed by atoms with E-state index in [0.29, 0.717) is 17.1 Å². The van der Waals surface area contributed by atoms with Crippen molar-refractivity contribution in [2.24, 2.45) is 5.73 Å². The number of benzene rings is 2. The number of nitrogens with two attached hydrogens (primary N) is 1. The first-order chi connectivity index (χ1) is 16.5. The van der Waals surface area contributed by atoms with E-state index in [1.165, 1.54) is 0 Å².